The van der Waals surface area contributed by atoms with Gasteiger partial charge < -0.3 is 9.64 Å². The molecule has 35 heavy (non-hydrogen) atoms. The van der Waals surface area contributed by atoms with E-state index in [2.05, 4.69) is 15.0 Å². The summed E-state index contributed by atoms with van der Waals surface area (Å²) in [5.74, 6) is -2.84. The van der Waals surface area contributed by atoms with Crippen molar-refractivity contribution in [3.63, 3.8) is 0 Å². The van der Waals surface area contributed by atoms with Gasteiger partial charge in [0.15, 0.2) is 17.5 Å². The molecule has 4 rings (SSSR count). The highest BCUT2D eigenvalue weighted by atomic mass is 19.4. The average molecular weight is 492 g/mol. The summed E-state index contributed by atoms with van der Waals surface area (Å²) in [7, 11) is 0. The van der Waals surface area contributed by atoms with Crippen molar-refractivity contribution >= 4 is 5.91 Å². The zero-order valence-electron chi connectivity index (χ0n) is 18.6. The van der Waals surface area contributed by atoms with Gasteiger partial charge in [0.2, 0.25) is 5.88 Å². The maximum Gasteiger partial charge on any atom is 0.417 e. The predicted molar refractivity (Wildman–Crippen MR) is 115 cm³/mol. The summed E-state index contributed by atoms with van der Waals surface area (Å²) in [6.07, 6.45) is 0.476. The Kier molecular flexibility index (Phi) is 6.95. The summed E-state index contributed by atoms with van der Waals surface area (Å²) in [6.45, 7) is 2.22. The van der Waals surface area contributed by atoms with Crippen molar-refractivity contribution in [1.82, 2.24) is 19.9 Å². The number of ether oxygens (including phenoxy) is 1. The number of piperidine rings is 1. The van der Waals surface area contributed by atoms with E-state index in [0.29, 0.717) is 19.2 Å². The number of benzene rings is 1. The Balaban J connectivity index is 1.60. The van der Waals surface area contributed by atoms with Crippen LogP contribution >= 0.6 is 0 Å². The van der Waals surface area contributed by atoms with Crippen LogP contribution in [-0.4, -0.2) is 45.0 Å². The fourth-order valence-corrected chi connectivity index (χ4v) is 4.06. The van der Waals surface area contributed by atoms with Crippen LogP contribution in [0.15, 0.2) is 48.9 Å². The normalized spacial score (nSPS) is 18.4. The molecule has 1 aliphatic rings. The van der Waals surface area contributed by atoms with E-state index in [0.717, 1.165) is 30.7 Å². The molecule has 2 aromatic heterocycles. The fourth-order valence-electron chi connectivity index (χ4n) is 4.06. The average Bonchev–Trinajstić information content (AvgIpc) is 2.84. The van der Waals surface area contributed by atoms with Gasteiger partial charge in [-0.3, -0.25) is 4.79 Å². The van der Waals surface area contributed by atoms with Crippen molar-refractivity contribution in [2.24, 2.45) is 5.92 Å². The van der Waals surface area contributed by atoms with Crippen molar-refractivity contribution in [2.45, 2.75) is 32.0 Å². The van der Waals surface area contributed by atoms with Crippen LogP contribution in [0.5, 0.6) is 5.88 Å². The number of rotatable bonds is 5. The Morgan fingerprint density at radius 1 is 1.11 bits per heavy atom. The van der Waals surface area contributed by atoms with Crippen LogP contribution in [0.3, 0.4) is 0 Å². The minimum absolute atomic E-state index is 0.0191. The maximum atomic E-state index is 14.2. The maximum absolute atomic E-state index is 14.2. The summed E-state index contributed by atoms with van der Waals surface area (Å²) < 4.78 is 72.2. The van der Waals surface area contributed by atoms with Crippen LogP contribution in [-0.2, 0) is 6.18 Å². The van der Waals surface area contributed by atoms with Crippen molar-refractivity contribution in [2.75, 3.05) is 13.2 Å². The molecule has 184 valence electrons. The highest BCUT2D eigenvalue weighted by molar-refractivity contribution is 6.00. The van der Waals surface area contributed by atoms with E-state index in [1.165, 1.54) is 17.3 Å². The molecule has 0 saturated carbocycles. The largest absolute Gasteiger partial charge is 0.475 e. The molecule has 3 heterocycles. The van der Waals surface area contributed by atoms with Gasteiger partial charge in [-0.05, 0) is 43.0 Å². The SMILES string of the molecule is CC1CCCN(C(=O)c2cc(F)c(F)cc2-c2ncccn2)C1COc1ccc(C(F)(F)F)cn1. The molecule has 1 aliphatic heterocycles. The number of halogens is 5. The molecule has 1 fully saturated rings. The van der Waals surface area contributed by atoms with Gasteiger partial charge in [0.05, 0.1) is 17.2 Å². The van der Waals surface area contributed by atoms with E-state index in [1.807, 2.05) is 6.92 Å². The third kappa shape index (κ3) is 5.39. The zero-order valence-corrected chi connectivity index (χ0v) is 18.6. The Morgan fingerprint density at radius 2 is 1.83 bits per heavy atom. The lowest BCUT2D eigenvalue weighted by Crippen LogP contribution is -2.50. The Labute approximate surface area is 197 Å². The van der Waals surface area contributed by atoms with E-state index >= 15 is 0 Å². The van der Waals surface area contributed by atoms with Crippen molar-refractivity contribution in [3.8, 4) is 17.3 Å². The smallest absolute Gasteiger partial charge is 0.417 e. The van der Waals surface area contributed by atoms with Crippen LogP contribution in [0.25, 0.3) is 11.4 Å². The van der Waals surface area contributed by atoms with Gasteiger partial charge in [0, 0.05) is 36.8 Å². The molecule has 1 amide bonds. The molecule has 0 bridgehead atoms. The van der Waals surface area contributed by atoms with Gasteiger partial charge >= 0.3 is 6.18 Å². The second-order valence-electron chi connectivity index (χ2n) is 8.26. The van der Waals surface area contributed by atoms with Crippen LogP contribution < -0.4 is 4.74 Å². The number of alkyl halides is 3. The number of nitrogens with zero attached hydrogens (tertiary/aromatic N) is 4. The molecule has 6 nitrogen and oxygen atoms in total. The summed E-state index contributed by atoms with van der Waals surface area (Å²) in [4.78, 5) is 26.9. The first-order valence-corrected chi connectivity index (χ1v) is 10.9. The van der Waals surface area contributed by atoms with E-state index in [-0.39, 0.29) is 35.4 Å². The van der Waals surface area contributed by atoms with Crippen molar-refractivity contribution in [3.05, 3.63) is 71.7 Å². The molecular formula is C24H21F5N4O2. The molecule has 0 spiro atoms. The molecule has 0 N–H and O–H groups in total. The number of likely N-dealkylation sites (tertiary alicyclic amines) is 1. The number of pyridine rings is 1. The predicted octanol–water partition coefficient (Wildman–Crippen LogP) is 5.16. The molecule has 1 saturated heterocycles. The Hall–Kier alpha value is -3.63. The minimum Gasteiger partial charge on any atom is -0.475 e. The first kappa shape index (κ1) is 24.5. The summed E-state index contributed by atoms with van der Waals surface area (Å²) in [6, 6.07) is 4.78. The lowest BCUT2D eigenvalue weighted by molar-refractivity contribution is -0.137. The van der Waals surface area contributed by atoms with Gasteiger partial charge in [0.25, 0.3) is 5.91 Å². The minimum atomic E-state index is -4.52. The van der Waals surface area contributed by atoms with Gasteiger partial charge in [-0.2, -0.15) is 13.2 Å². The van der Waals surface area contributed by atoms with E-state index in [4.69, 9.17) is 4.74 Å². The molecule has 1 aromatic carbocycles. The molecule has 0 radical (unpaired) electrons. The fraction of sp³-hybridized carbons (Fsp3) is 0.333. The first-order valence-electron chi connectivity index (χ1n) is 10.9. The third-order valence-electron chi connectivity index (χ3n) is 5.94. The van der Waals surface area contributed by atoms with Crippen LogP contribution in [0.2, 0.25) is 0 Å². The highest BCUT2D eigenvalue weighted by Gasteiger charge is 2.35. The number of carbonyl (C=O) groups is 1. The highest BCUT2D eigenvalue weighted by Crippen LogP contribution is 2.31. The molecule has 0 aliphatic carbocycles. The summed E-state index contributed by atoms with van der Waals surface area (Å²) in [5.41, 5.74) is -0.944. The Bertz CT molecular complexity index is 1190. The number of amides is 1. The van der Waals surface area contributed by atoms with Crippen molar-refractivity contribution in [1.29, 1.82) is 0 Å². The molecule has 2 unspecified atom stereocenters. The second kappa shape index (κ2) is 9.93. The van der Waals surface area contributed by atoms with Gasteiger partial charge in [-0.15, -0.1) is 0 Å². The Morgan fingerprint density at radius 3 is 2.49 bits per heavy atom. The van der Waals surface area contributed by atoms with Crippen molar-refractivity contribution < 1.29 is 31.5 Å². The first-order chi connectivity index (χ1) is 16.6. The molecular weight excluding hydrogens is 471 g/mol. The third-order valence-corrected chi connectivity index (χ3v) is 5.94. The topological polar surface area (TPSA) is 68.2 Å². The van der Waals surface area contributed by atoms with Crippen LogP contribution in [0, 0.1) is 17.6 Å². The monoisotopic (exact) mass is 492 g/mol. The summed E-state index contributed by atoms with van der Waals surface area (Å²) in [5, 5.41) is 0. The van der Waals surface area contributed by atoms with Gasteiger partial charge in [-0.25, -0.2) is 23.7 Å². The van der Waals surface area contributed by atoms with E-state index < -0.39 is 35.3 Å². The van der Waals surface area contributed by atoms with Crippen LogP contribution in [0.1, 0.15) is 35.7 Å². The molecule has 3 aromatic rings. The molecule has 11 heteroatoms. The molecule has 2 atom stereocenters. The standard InChI is InChI=1S/C24H21F5N4O2/c1-14-4-2-9-33(20(14)13-35-21-6-5-15(12-32-21)24(27,28)29)23(34)17-11-19(26)18(25)10-16(17)22-30-7-3-8-31-22/h3,5-8,10-12,14,20H,2,4,9,13H2,1H3. The quantitative estimate of drug-likeness (QED) is 0.461. The van der Waals surface area contributed by atoms with Crippen LogP contribution in [0.4, 0.5) is 22.0 Å². The number of hydrogen-bond donors (Lipinski definition) is 0. The van der Waals surface area contributed by atoms with Gasteiger partial charge in [-0.1, -0.05) is 6.92 Å². The van der Waals surface area contributed by atoms with Gasteiger partial charge in [0.1, 0.15) is 6.61 Å². The lowest BCUT2D eigenvalue weighted by atomic mass is 9.90. The zero-order chi connectivity index (χ0) is 25.2. The lowest BCUT2D eigenvalue weighted by Gasteiger charge is -2.40. The summed E-state index contributed by atoms with van der Waals surface area (Å²) >= 11 is 0. The van der Waals surface area contributed by atoms with E-state index in [9.17, 15) is 26.7 Å². The van der Waals surface area contributed by atoms with E-state index in [1.54, 1.807) is 6.07 Å². The number of hydrogen-bond acceptors (Lipinski definition) is 5. The number of carbonyl (C=O) groups excluding carboxylic acids is 1. The number of aromatic nitrogens is 3. The second-order valence-corrected chi connectivity index (χ2v) is 8.26.